The van der Waals surface area contributed by atoms with Crippen molar-refractivity contribution in [3.63, 3.8) is 0 Å². The van der Waals surface area contributed by atoms with Crippen LogP contribution in [0.15, 0.2) is 36.5 Å². The minimum absolute atomic E-state index is 0.0629. The number of ether oxygens (including phenoxy) is 2. The van der Waals surface area contributed by atoms with Crippen LogP contribution in [0.3, 0.4) is 0 Å². The predicted octanol–water partition coefficient (Wildman–Crippen LogP) is 21.4. The molecule has 70 heavy (non-hydrogen) atoms. The highest BCUT2D eigenvalue weighted by molar-refractivity contribution is 5.70. The number of esters is 2. The summed E-state index contributed by atoms with van der Waals surface area (Å²) in [5.41, 5.74) is 0. The highest BCUT2D eigenvalue weighted by Gasteiger charge is 2.16. The Labute approximate surface area is 437 Å². The van der Waals surface area contributed by atoms with E-state index in [1.807, 2.05) is 0 Å². The molecule has 0 aliphatic carbocycles. The number of rotatable bonds is 59. The fourth-order valence-electron chi connectivity index (χ4n) is 9.69. The lowest BCUT2D eigenvalue weighted by Crippen LogP contribution is -2.28. The Bertz CT molecular complexity index is 1110. The molecule has 0 fully saturated rings. The minimum atomic E-state index is -0.773. The van der Waals surface area contributed by atoms with Crippen molar-refractivity contribution in [1.29, 1.82) is 0 Å². The SMILES string of the molecule is CCCCCCC/C=C\C/C=C\C/C=C\CCCCCCCCCCCCC(=O)OC(CO)COC(=O)CCCCCCCCCCCCCCCCCCCCCCCCCCCCCCCCC. The number of aliphatic hydroxyl groups excluding tert-OH is 1. The van der Waals surface area contributed by atoms with E-state index in [4.69, 9.17) is 9.47 Å². The van der Waals surface area contributed by atoms with Crippen LogP contribution in [0.25, 0.3) is 0 Å². The second-order valence-corrected chi connectivity index (χ2v) is 21.5. The smallest absolute Gasteiger partial charge is 0.306 e. The van der Waals surface area contributed by atoms with Crippen molar-refractivity contribution in [3.05, 3.63) is 36.5 Å². The summed E-state index contributed by atoms with van der Waals surface area (Å²) in [6.07, 6.45) is 80.1. The Morgan fingerprint density at radius 3 is 0.857 bits per heavy atom. The largest absolute Gasteiger partial charge is 0.462 e. The van der Waals surface area contributed by atoms with Crippen molar-refractivity contribution >= 4 is 11.9 Å². The normalized spacial score (nSPS) is 12.3. The van der Waals surface area contributed by atoms with Gasteiger partial charge >= 0.3 is 11.9 Å². The van der Waals surface area contributed by atoms with Crippen LogP contribution in [0.2, 0.25) is 0 Å². The molecule has 0 aromatic carbocycles. The molecule has 0 aliphatic heterocycles. The summed E-state index contributed by atoms with van der Waals surface area (Å²) in [5.74, 6) is -0.576. The Morgan fingerprint density at radius 1 is 0.329 bits per heavy atom. The second kappa shape index (κ2) is 61.4. The number of carbonyl (C=O) groups excluding carboxylic acids is 2. The maximum atomic E-state index is 12.3. The average Bonchev–Trinajstić information content (AvgIpc) is 3.36. The zero-order chi connectivity index (χ0) is 50.6. The van der Waals surface area contributed by atoms with E-state index >= 15 is 0 Å². The highest BCUT2D eigenvalue weighted by Crippen LogP contribution is 2.18. The van der Waals surface area contributed by atoms with Gasteiger partial charge in [-0.15, -0.1) is 0 Å². The lowest BCUT2D eigenvalue weighted by atomic mass is 10.0. The summed E-state index contributed by atoms with van der Waals surface area (Å²) >= 11 is 0. The monoisotopic (exact) mass is 983 g/mol. The van der Waals surface area contributed by atoms with E-state index in [1.165, 1.54) is 276 Å². The number of hydrogen-bond acceptors (Lipinski definition) is 5. The first-order valence-electron chi connectivity index (χ1n) is 31.5. The average molecular weight is 984 g/mol. The molecule has 0 rings (SSSR count). The molecular formula is C65H122O5. The van der Waals surface area contributed by atoms with Crippen LogP contribution >= 0.6 is 0 Å². The third kappa shape index (κ3) is 58.7. The Balaban J connectivity index is 3.42. The summed E-state index contributed by atoms with van der Waals surface area (Å²) in [7, 11) is 0. The molecule has 0 spiro atoms. The van der Waals surface area contributed by atoms with Crippen molar-refractivity contribution < 1.29 is 24.2 Å². The van der Waals surface area contributed by atoms with Gasteiger partial charge in [0.2, 0.25) is 0 Å². The van der Waals surface area contributed by atoms with Crippen LogP contribution in [0.5, 0.6) is 0 Å². The second-order valence-electron chi connectivity index (χ2n) is 21.5. The van der Waals surface area contributed by atoms with E-state index in [-0.39, 0.29) is 25.2 Å². The van der Waals surface area contributed by atoms with Crippen LogP contribution in [0, 0.1) is 0 Å². The third-order valence-electron chi connectivity index (χ3n) is 14.4. The zero-order valence-corrected chi connectivity index (χ0v) is 47.3. The molecule has 0 aromatic heterocycles. The molecule has 5 nitrogen and oxygen atoms in total. The molecular weight excluding hydrogens is 861 g/mol. The molecule has 1 atom stereocenters. The van der Waals surface area contributed by atoms with Gasteiger partial charge in [-0.2, -0.15) is 0 Å². The van der Waals surface area contributed by atoms with Gasteiger partial charge in [0.15, 0.2) is 6.10 Å². The molecule has 412 valence electrons. The fourth-order valence-corrected chi connectivity index (χ4v) is 9.69. The molecule has 0 radical (unpaired) electrons. The summed E-state index contributed by atoms with van der Waals surface area (Å²) < 4.78 is 10.7. The highest BCUT2D eigenvalue weighted by atomic mass is 16.6. The van der Waals surface area contributed by atoms with Gasteiger partial charge in [-0.3, -0.25) is 9.59 Å². The molecule has 0 aliphatic rings. The maximum absolute atomic E-state index is 12.3. The molecule has 5 heteroatoms. The predicted molar refractivity (Wildman–Crippen MR) is 307 cm³/mol. The van der Waals surface area contributed by atoms with Crippen molar-refractivity contribution in [1.82, 2.24) is 0 Å². The van der Waals surface area contributed by atoms with E-state index in [9.17, 15) is 14.7 Å². The fraction of sp³-hybridized carbons (Fsp3) is 0.877. The van der Waals surface area contributed by atoms with Gasteiger partial charge in [-0.05, 0) is 51.4 Å². The number of allylic oxidation sites excluding steroid dienone is 6. The van der Waals surface area contributed by atoms with Crippen molar-refractivity contribution in [3.8, 4) is 0 Å². The summed E-state index contributed by atoms with van der Waals surface area (Å²) in [5, 5.41) is 9.67. The van der Waals surface area contributed by atoms with Gasteiger partial charge in [-0.1, -0.05) is 320 Å². The number of aliphatic hydroxyl groups is 1. The van der Waals surface area contributed by atoms with Crippen molar-refractivity contribution in [2.24, 2.45) is 0 Å². The lowest BCUT2D eigenvalue weighted by Gasteiger charge is -2.15. The van der Waals surface area contributed by atoms with E-state index in [0.29, 0.717) is 12.8 Å². The first kappa shape index (κ1) is 68.1. The van der Waals surface area contributed by atoms with Gasteiger partial charge in [-0.25, -0.2) is 0 Å². The summed E-state index contributed by atoms with van der Waals surface area (Å²) in [6.45, 7) is 4.18. The van der Waals surface area contributed by atoms with Gasteiger partial charge in [0.1, 0.15) is 6.61 Å². The Hall–Kier alpha value is -1.88. The quantitative estimate of drug-likeness (QED) is 0.0373. The van der Waals surface area contributed by atoms with Crippen LogP contribution in [0.4, 0.5) is 0 Å². The first-order chi connectivity index (χ1) is 34.6. The summed E-state index contributed by atoms with van der Waals surface area (Å²) in [6, 6.07) is 0. The molecule has 0 bridgehead atoms. The molecule has 0 saturated carbocycles. The van der Waals surface area contributed by atoms with Gasteiger partial charge < -0.3 is 14.6 Å². The molecule has 0 aromatic rings. The number of unbranched alkanes of at least 4 members (excludes halogenated alkanes) is 45. The van der Waals surface area contributed by atoms with Gasteiger partial charge in [0, 0.05) is 12.8 Å². The number of hydrogen-bond donors (Lipinski definition) is 1. The van der Waals surface area contributed by atoms with Gasteiger partial charge in [0.05, 0.1) is 6.61 Å². The lowest BCUT2D eigenvalue weighted by molar-refractivity contribution is -0.161. The van der Waals surface area contributed by atoms with Crippen molar-refractivity contribution in [2.45, 2.75) is 354 Å². The Morgan fingerprint density at radius 2 is 0.571 bits per heavy atom. The zero-order valence-electron chi connectivity index (χ0n) is 47.3. The van der Waals surface area contributed by atoms with Crippen LogP contribution < -0.4 is 0 Å². The van der Waals surface area contributed by atoms with Crippen LogP contribution in [0.1, 0.15) is 348 Å². The van der Waals surface area contributed by atoms with E-state index in [0.717, 1.165) is 44.9 Å². The van der Waals surface area contributed by atoms with Gasteiger partial charge in [0.25, 0.3) is 0 Å². The Kier molecular flexibility index (Phi) is 59.8. The molecule has 1 N–H and O–H groups in total. The maximum Gasteiger partial charge on any atom is 0.306 e. The van der Waals surface area contributed by atoms with Crippen LogP contribution in [-0.4, -0.2) is 36.4 Å². The third-order valence-corrected chi connectivity index (χ3v) is 14.4. The van der Waals surface area contributed by atoms with E-state index in [2.05, 4.69) is 50.3 Å². The molecule has 0 heterocycles. The van der Waals surface area contributed by atoms with E-state index in [1.54, 1.807) is 0 Å². The van der Waals surface area contributed by atoms with Crippen LogP contribution in [-0.2, 0) is 19.1 Å². The van der Waals surface area contributed by atoms with E-state index < -0.39 is 6.10 Å². The van der Waals surface area contributed by atoms with Crippen molar-refractivity contribution in [2.75, 3.05) is 13.2 Å². The standard InChI is InChI=1S/C65H122O5/c1-3-5-7-9-11-13-15-17-19-21-23-25-27-29-30-31-32-33-34-36-37-39-41-43-45-47-49-51-53-55-57-59-64(67)69-62-63(61-66)70-65(68)60-58-56-54-52-50-48-46-44-42-40-38-35-28-26-24-22-20-18-16-14-12-10-8-6-4-2/h16,18,22,24,28,35,63,66H,3-15,17,19-21,23,25-27,29-34,36-62H2,1-2H3/b18-16-,24-22-,35-28-. The molecule has 1 unspecified atom stereocenters. The first-order valence-corrected chi connectivity index (χ1v) is 31.5. The molecule has 0 saturated heterocycles. The topological polar surface area (TPSA) is 72.8 Å². The minimum Gasteiger partial charge on any atom is -0.462 e. The summed E-state index contributed by atoms with van der Waals surface area (Å²) in [4.78, 5) is 24.6. The molecule has 0 amide bonds. The number of carbonyl (C=O) groups is 2.